The summed E-state index contributed by atoms with van der Waals surface area (Å²) < 4.78 is 13.4. The summed E-state index contributed by atoms with van der Waals surface area (Å²) in [5.74, 6) is -1.16. The van der Waals surface area contributed by atoms with Crippen molar-refractivity contribution in [2.75, 3.05) is 5.32 Å². The molecule has 27 heavy (non-hydrogen) atoms. The Hall–Kier alpha value is -2.86. The predicted molar refractivity (Wildman–Crippen MR) is 103 cm³/mol. The number of aliphatic imine (C=N–C) groups is 1. The molecule has 2 heterocycles. The van der Waals surface area contributed by atoms with Crippen LogP contribution in [0.1, 0.15) is 25.8 Å². The molecule has 1 aromatic carbocycles. The Balaban J connectivity index is 2.15. The summed E-state index contributed by atoms with van der Waals surface area (Å²) in [6.07, 6.45) is 3.67. The molecule has 0 spiro atoms. The summed E-state index contributed by atoms with van der Waals surface area (Å²) in [4.78, 5) is 33.8. The molecule has 7 heteroatoms. The van der Waals surface area contributed by atoms with Crippen molar-refractivity contribution in [1.82, 2.24) is 4.98 Å². The van der Waals surface area contributed by atoms with Gasteiger partial charge < -0.3 is 5.32 Å². The van der Waals surface area contributed by atoms with Crippen LogP contribution in [0.2, 0.25) is 5.02 Å². The van der Waals surface area contributed by atoms with Crippen LogP contribution < -0.4 is 5.32 Å². The van der Waals surface area contributed by atoms with E-state index >= 15 is 0 Å². The van der Waals surface area contributed by atoms with Gasteiger partial charge in [0.2, 0.25) is 5.78 Å². The van der Waals surface area contributed by atoms with E-state index < -0.39 is 11.9 Å². The summed E-state index contributed by atoms with van der Waals surface area (Å²) in [5.41, 5.74) is 1.87. The van der Waals surface area contributed by atoms with E-state index in [0.717, 1.165) is 0 Å². The zero-order valence-electron chi connectivity index (χ0n) is 14.8. The number of aromatic nitrogens is 1. The molecule has 3 rings (SSSR count). The fraction of sp³-hybridized carbons (Fsp3) is 0.200. The number of benzene rings is 1. The molecule has 0 saturated heterocycles. The highest BCUT2D eigenvalue weighted by Gasteiger charge is 2.33. The molecule has 138 valence electrons. The Labute approximate surface area is 161 Å². The molecule has 1 N–H and O–H groups in total. The van der Waals surface area contributed by atoms with Gasteiger partial charge in [-0.05, 0) is 43.7 Å². The number of rotatable bonds is 5. The van der Waals surface area contributed by atoms with Gasteiger partial charge in [-0.3, -0.25) is 19.6 Å². The van der Waals surface area contributed by atoms with Gasteiger partial charge in [0, 0.05) is 23.6 Å². The first-order valence-corrected chi connectivity index (χ1v) is 8.80. The average Bonchev–Trinajstić information content (AvgIpc) is 2.66. The third-order valence-corrected chi connectivity index (χ3v) is 4.49. The molecule has 1 aromatic heterocycles. The van der Waals surface area contributed by atoms with E-state index in [1.54, 1.807) is 24.5 Å². The third kappa shape index (κ3) is 3.80. The first kappa shape index (κ1) is 18.9. The fourth-order valence-corrected chi connectivity index (χ4v) is 3.06. The van der Waals surface area contributed by atoms with Gasteiger partial charge in [0.25, 0.3) is 0 Å². The number of carbonyl (C=O) groups is 2. The van der Waals surface area contributed by atoms with E-state index in [0.29, 0.717) is 23.4 Å². The maximum atomic E-state index is 13.4. The highest BCUT2D eigenvalue weighted by atomic mass is 35.5. The van der Waals surface area contributed by atoms with Crippen LogP contribution in [0, 0.1) is 5.82 Å². The number of hydrogen-bond acceptors (Lipinski definition) is 5. The lowest BCUT2D eigenvalue weighted by Gasteiger charge is -2.25. The van der Waals surface area contributed by atoms with Crippen molar-refractivity contribution in [3.8, 4) is 0 Å². The molecule has 0 fully saturated rings. The summed E-state index contributed by atoms with van der Waals surface area (Å²) in [7, 11) is 0. The lowest BCUT2D eigenvalue weighted by atomic mass is 9.90. The van der Waals surface area contributed by atoms with E-state index in [4.69, 9.17) is 11.6 Å². The molecular weight excluding hydrogens is 369 g/mol. The first-order valence-electron chi connectivity index (χ1n) is 8.42. The Morgan fingerprint density at radius 2 is 1.96 bits per heavy atom. The number of nitrogens with zero attached hydrogens (tertiary/aromatic N) is 2. The van der Waals surface area contributed by atoms with Crippen LogP contribution in [0.25, 0.3) is 0 Å². The Bertz CT molecular complexity index is 970. The Morgan fingerprint density at radius 3 is 2.56 bits per heavy atom. The van der Waals surface area contributed by atoms with Gasteiger partial charge in [0.05, 0.1) is 22.0 Å². The summed E-state index contributed by atoms with van der Waals surface area (Å²) in [6, 6.07) is 6.87. The van der Waals surface area contributed by atoms with E-state index in [1.807, 2.05) is 6.92 Å². The van der Waals surface area contributed by atoms with Crippen molar-refractivity contribution in [3.63, 3.8) is 0 Å². The molecule has 0 amide bonds. The monoisotopic (exact) mass is 385 g/mol. The molecule has 5 nitrogen and oxygen atoms in total. The number of pyridine rings is 1. The first-order chi connectivity index (χ1) is 12.9. The second kappa shape index (κ2) is 7.80. The Morgan fingerprint density at radius 1 is 1.26 bits per heavy atom. The molecule has 1 aliphatic heterocycles. The smallest absolute Gasteiger partial charge is 0.204 e. The van der Waals surface area contributed by atoms with Crippen molar-refractivity contribution < 1.29 is 14.0 Å². The summed E-state index contributed by atoms with van der Waals surface area (Å²) >= 11 is 5.83. The fourth-order valence-electron chi connectivity index (χ4n) is 2.88. The highest BCUT2D eigenvalue weighted by molar-refractivity contribution is 6.34. The number of Topliss-reactive ketones (excluding diaryl/α,β-unsaturated/α-hetero) is 2. The van der Waals surface area contributed by atoms with Crippen LogP contribution >= 0.6 is 11.6 Å². The molecule has 1 aliphatic rings. The lowest BCUT2D eigenvalue weighted by molar-refractivity contribution is -0.118. The maximum Gasteiger partial charge on any atom is 0.204 e. The molecule has 1 atom stereocenters. The minimum atomic E-state index is -0.616. The average molecular weight is 386 g/mol. The summed E-state index contributed by atoms with van der Waals surface area (Å²) in [6.45, 7) is 3.23. The van der Waals surface area contributed by atoms with Crippen LogP contribution in [-0.2, 0) is 9.59 Å². The number of dihydropyridines is 1. The minimum absolute atomic E-state index is 0.0803. The van der Waals surface area contributed by atoms with Crippen LogP contribution in [0.4, 0.5) is 10.1 Å². The van der Waals surface area contributed by atoms with Crippen LogP contribution in [0.3, 0.4) is 0 Å². The van der Waals surface area contributed by atoms with Crippen molar-refractivity contribution in [1.29, 1.82) is 0 Å². The van der Waals surface area contributed by atoms with Crippen LogP contribution in [-0.4, -0.2) is 28.3 Å². The number of carbonyl (C=O) groups excluding carboxylic acids is 2. The minimum Gasteiger partial charge on any atom is -0.352 e. The second-order valence-electron chi connectivity index (χ2n) is 6.06. The van der Waals surface area contributed by atoms with E-state index in [-0.39, 0.29) is 27.9 Å². The van der Waals surface area contributed by atoms with Gasteiger partial charge in [-0.25, -0.2) is 4.39 Å². The second-order valence-corrected chi connectivity index (χ2v) is 6.47. The largest absolute Gasteiger partial charge is 0.352 e. The zero-order chi connectivity index (χ0) is 19.6. The SMILES string of the molecule is CCC1N=C(c2ccncc2)C(C(C)=O)=C(Nc2ccc(F)c(Cl)c2)C1=O. The zero-order valence-corrected chi connectivity index (χ0v) is 15.5. The summed E-state index contributed by atoms with van der Waals surface area (Å²) in [5, 5.41) is 2.88. The Kier molecular flexibility index (Phi) is 5.46. The molecule has 0 saturated carbocycles. The van der Waals surface area contributed by atoms with E-state index in [2.05, 4.69) is 15.3 Å². The van der Waals surface area contributed by atoms with Gasteiger partial charge in [-0.15, -0.1) is 0 Å². The van der Waals surface area contributed by atoms with Gasteiger partial charge in [-0.1, -0.05) is 18.5 Å². The number of anilines is 1. The molecule has 0 aliphatic carbocycles. The molecule has 1 unspecified atom stereocenters. The topological polar surface area (TPSA) is 71.4 Å². The van der Waals surface area contributed by atoms with Crippen molar-refractivity contribution in [2.45, 2.75) is 26.3 Å². The number of hydrogen-bond donors (Lipinski definition) is 1. The number of halogens is 2. The van der Waals surface area contributed by atoms with E-state index in [9.17, 15) is 14.0 Å². The van der Waals surface area contributed by atoms with Gasteiger partial charge in [0.1, 0.15) is 11.9 Å². The molecule has 2 aromatic rings. The van der Waals surface area contributed by atoms with E-state index in [1.165, 1.54) is 25.1 Å². The van der Waals surface area contributed by atoms with Crippen LogP contribution in [0.5, 0.6) is 0 Å². The van der Waals surface area contributed by atoms with Crippen molar-refractivity contribution in [2.24, 2.45) is 4.99 Å². The van der Waals surface area contributed by atoms with Crippen LogP contribution in [0.15, 0.2) is 59.0 Å². The highest BCUT2D eigenvalue weighted by Crippen LogP contribution is 2.27. The van der Waals surface area contributed by atoms with Gasteiger partial charge >= 0.3 is 0 Å². The lowest BCUT2D eigenvalue weighted by Crippen LogP contribution is -2.34. The molecule has 0 bridgehead atoms. The quantitative estimate of drug-likeness (QED) is 0.845. The predicted octanol–water partition coefficient (Wildman–Crippen LogP) is 3.98. The molecular formula is C20H17ClFN3O2. The maximum absolute atomic E-state index is 13.4. The van der Waals surface area contributed by atoms with Crippen molar-refractivity contribution in [3.05, 3.63) is 70.4 Å². The van der Waals surface area contributed by atoms with Gasteiger partial charge in [0.15, 0.2) is 5.78 Å². The number of ketones is 2. The molecule has 0 radical (unpaired) electrons. The van der Waals surface area contributed by atoms with Crippen molar-refractivity contribution >= 4 is 34.6 Å². The normalized spacial score (nSPS) is 17.0. The van der Waals surface area contributed by atoms with Gasteiger partial charge in [-0.2, -0.15) is 0 Å². The number of nitrogens with one attached hydrogen (secondary N) is 1. The standard InChI is InChI=1S/C20H17ClFN3O2/c1-3-16-20(27)19(24-13-4-5-15(22)14(21)10-13)17(11(2)26)18(25-16)12-6-8-23-9-7-12/h4-10,16,24H,3H2,1-2H3. The third-order valence-electron chi connectivity index (χ3n) is 4.20. The number of allylic oxidation sites excluding steroid dienone is 1.